The van der Waals surface area contributed by atoms with Crippen molar-refractivity contribution in [3.8, 4) is 0 Å². The third kappa shape index (κ3) is 12.5. The van der Waals surface area contributed by atoms with E-state index in [9.17, 15) is 9.59 Å². The molecule has 0 fully saturated rings. The van der Waals surface area contributed by atoms with Gasteiger partial charge in [0.2, 0.25) is 0 Å². The number of benzene rings is 1. The lowest BCUT2D eigenvalue weighted by Gasteiger charge is -2.28. The van der Waals surface area contributed by atoms with E-state index < -0.39 is 0 Å². The molecule has 31 heavy (non-hydrogen) atoms. The van der Waals surface area contributed by atoms with Crippen LogP contribution in [0, 0.1) is 13.8 Å². The molecule has 0 heterocycles. The van der Waals surface area contributed by atoms with E-state index in [2.05, 4.69) is 17.6 Å². The Balaban J connectivity index is 2.17. The molecule has 0 aliphatic rings. The molecule has 1 aromatic carbocycles. The minimum absolute atomic E-state index is 0.0146. The fourth-order valence-electron chi connectivity index (χ4n) is 3.92. The second kappa shape index (κ2) is 15.0. The van der Waals surface area contributed by atoms with Gasteiger partial charge in [-0.2, -0.15) is 0 Å². The van der Waals surface area contributed by atoms with Crippen molar-refractivity contribution in [2.75, 3.05) is 39.0 Å². The van der Waals surface area contributed by atoms with Gasteiger partial charge < -0.3 is 15.1 Å². The summed E-state index contributed by atoms with van der Waals surface area (Å²) in [7, 11) is 3.84. The van der Waals surface area contributed by atoms with Crippen LogP contribution >= 0.6 is 0 Å². The highest BCUT2D eigenvalue weighted by Gasteiger charge is 2.24. The fraction of sp³-hybridized carbons (Fsp3) is 0.692. The van der Waals surface area contributed by atoms with Gasteiger partial charge in [-0.05, 0) is 31.4 Å². The third-order valence-electron chi connectivity index (χ3n) is 5.74. The Bertz CT molecular complexity index is 650. The van der Waals surface area contributed by atoms with Gasteiger partial charge in [-0.1, -0.05) is 82.9 Å². The summed E-state index contributed by atoms with van der Waals surface area (Å²) in [6, 6.07) is 5.96. The molecule has 0 saturated heterocycles. The van der Waals surface area contributed by atoms with Crippen molar-refractivity contribution in [1.29, 1.82) is 0 Å². The summed E-state index contributed by atoms with van der Waals surface area (Å²) >= 11 is 0. The smallest absolute Gasteiger partial charge is 0.279 e. The number of carbonyl (C=O) groups is 2. The van der Waals surface area contributed by atoms with E-state index in [1.165, 1.54) is 57.8 Å². The van der Waals surface area contributed by atoms with Gasteiger partial charge in [-0.15, -0.1) is 0 Å². The first-order valence-electron chi connectivity index (χ1n) is 12.2. The average Bonchev–Trinajstić information content (AvgIpc) is 2.68. The summed E-state index contributed by atoms with van der Waals surface area (Å²) in [4.78, 5) is 24.8. The number of para-hydroxylation sites is 1. The Labute approximate surface area is 190 Å². The van der Waals surface area contributed by atoms with Crippen LogP contribution in [0.4, 0.5) is 5.69 Å². The van der Waals surface area contributed by atoms with Crippen LogP contribution in [0.3, 0.4) is 0 Å². The summed E-state index contributed by atoms with van der Waals surface area (Å²) in [5.74, 6) is -0.0503. The molecule has 0 spiro atoms. The zero-order chi connectivity index (χ0) is 23.1. The van der Waals surface area contributed by atoms with Crippen molar-refractivity contribution in [2.24, 2.45) is 0 Å². The number of nitrogens with zero attached hydrogens (tertiary/aromatic N) is 1. The number of anilines is 1. The van der Waals surface area contributed by atoms with E-state index in [-0.39, 0.29) is 18.4 Å². The van der Waals surface area contributed by atoms with Crippen molar-refractivity contribution in [1.82, 2.24) is 5.32 Å². The van der Waals surface area contributed by atoms with Crippen LogP contribution in [-0.2, 0) is 9.59 Å². The molecule has 0 unspecified atom stereocenters. The molecule has 1 aromatic rings. The second-order valence-corrected chi connectivity index (χ2v) is 9.60. The first kappa shape index (κ1) is 27.2. The predicted octanol–water partition coefficient (Wildman–Crippen LogP) is 5.36. The molecule has 1 rings (SSSR count). The predicted molar refractivity (Wildman–Crippen MR) is 131 cm³/mol. The van der Waals surface area contributed by atoms with Gasteiger partial charge in [-0.25, -0.2) is 0 Å². The van der Waals surface area contributed by atoms with Gasteiger partial charge >= 0.3 is 0 Å². The largest absolute Gasteiger partial charge is 0.351 e. The van der Waals surface area contributed by atoms with Crippen molar-refractivity contribution < 1.29 is 14.1 Å². The summed E-state index contributed by atoms with van der Waals surface area (Å²) in [6.45, 7) is 7.53. The van der Waals surface area contributed by atoms with Gasteiger partial charge in [-0.3, -0.25) is 9.59 Å². The Morgan fingerprint density at radius 3 is 1.81 bits per heavy atom. The van der Waals surface area contributed by atoms with Crippen LogP contribution in [-0.4, -0.2) is 50.0 Å². The van der Waals surface area contributed by atoms with Crippen molar-refractivity contribution in [3.63, 3.8) is 0 Å². The van der Waals surface area contributed by atoms with Crippen LogP contribution < -0.4 is 10.6 Å². The van der Waals surface area contributed by atoms with Crippen LogP contribution in [0.1, 0.15) is 82.3 Å². The van der Waals surface area contributed by atoms with E-state index in [0.29, 0.717) is 11.0 Å². The molecule has 2 N–H and O–H groups in total. The van der Waals surface area contributed by atoms with E-state index in [0.717, 1.165) is 29.8 Å². The Morgan fingerprint density at radius 1 is 0.774 bits per heavy atom. The first-order chi connectivity index (χ1) is 14.7. The molecule has 2 amide bonds. The maximum Gasteiger partial charge on any atom is 0.279 e. The summed E-state index contributed by atoms with van der Waals surface area (Å²) in [6.07, 6.45) is 12.9. The summed E-state index contributed by atoms with van der Waals surface area (Å²) in [5, 5.41) is 6.03. The number of likely N-dealkylation sites (N-methyl/N-ethyl adjacent to an activating group) is 1. The zero-order valence-electron chi connectivity index (χ0n) is 20.7. The van der Waals surface area contributed by atoms with Gasteiger partial charge in [0.25, 0.3) is 11.8 Å². The highest BCUT2D eigenvalue weighted by atomic mass is 16.2. The zero-order valence-corrected chi connectivity index (χ0v) is 20.7. The molecule has 176 valence electrons. The molecule has 5 heteroatoms. The molecule has 0 aliphatic heterocycles. The minimum atomic E-state index is -0.0649. The first-order valence-corrected chi connectivity index (χ1v) is 12.2. The standard InChI is InChI=1S/C26H45N3O2/c1-6-7-8-9-10-11-12-13-14-15-19-27-24(30)20-29(4,5)21-25(31)28-26-22(2)17-16-18-23(26)3/h16-18H,6-15,19-21H2,1-5H3,(H-,27,28,30,31)/p+1. The van der Waals surface area contributed by atoms with Gasteiger partial charge in [0.15, 0.2) is 13.1 Å². The molecule has 5 nitrogen and oxygen atoms in total. The summed E-state index contributed by atoms with van der Waals surface area (Å²) in [5.41, 5.74) is 2.97. The number of nitrogens with one attached hydrogen (secondary N) is 2. The molecule has 0 saturated carbocycles. The van der Waals surface area contributed by atoms with Crippen LogP contribution in [0.15, 0.2) is 18.2 Å². The molecule has 0 aliphatic carbocycles. The monoisotopic (exact) mass is 432 g/mol. The maximum atomic E-state index is 12.5. The number of hydrogen-bond donors (Lipinski definition) is 2. The topological polar surface area (TPSA) is 58.2 Å². The second-order valence-electron chi connectivity index (χ2n) is 9.60. The van der Waals surface area contributed by atoms with Crippen molar-refractivity contribution in [2.45, 2.75) is 85.0 Å². The van der Waals surface area contributed by atoms with Crippen molar-refractivity contribution in [3.05, 3.63) is 29.3 Å². The lowest BCUT2D eigenvalue weighted by Crippen LogP contribution is -2.51. The SMILES string of the molecule is CCCCCCCCCCCCNC(=O)C[N+](C)(C)CC(=O)Nc1c(C)cccc1C. The number of aryl methyl sites for hydroxylation is 2. The number of quaternary nitrogens is 1. The Hall–Kier alpha value is -1.88. The van der Waals surface area contributed by atoms with E-state index in [4.69, 9.17) is 0 Å². The summed E-state index contributed by atoms with van der Waals surface area (Å²) < 4.78 is 0.334. The van der Waals surface area contributed by atoms with E-state index >= 15 is 0 Å². The molecule has 0 radical (unpaired) electrons. The Morgan fingerprint density at radius 2 is 1.26 bits per heavy atom. The van der Waals surface area contributed by atoms with E-state index in [1.54, 1.807) is 0 Å². The number of amides is 2. The molecule has 0 aromatic heterocycles. The average molecular weight is 433 g/mol. The highest BCUT2D eigenvalue weighted by molar-refractivity contribution is 5.93. The highest BCUT2D eigenvalue weighted by Crippen LogP contribution is 2.19. The maximum absolute atomic E-state index is 12.5. The molecular formula is C26H46N3O2+. The normalized spacial score (nSPS) is 11.4. The minimum Gasteiger partial charge on any atom is -0.351 e. The molecule has 0 bridgehead atoms. The lowest BCUT2D eigenvalue weighted by molar-refractivity contribution is -0.874. The van der Waals surface area contributed by atoms with Gasteiger partial charge in [0, 0.05) is 12.2 Å². The quantitative estimate of drug-likeness (QED) is 0.273. The molecular weight excluding hydrogens is 386 g/mol. The fourth-order valence-corrected chi connectivity index (χ4v) is 3.92. The van der Waals surface area contributed by atoms with E-state index in [1.807, 2.05) is 46.1 Å². The third-order valence-corrected chi connectivity index (χ3v) is 5.74. The van der Waals surface area contributed by atoms with Crippen LogP contribution in [0.25, 0.3) is 0 Å². The number of unbranched alkanes of at least 4 members (excludes halogenated alkanes) is 9. The number of rotatable bonds is 16. The Kier molecular flexibility index (Phi) is 13.1. The number of hydrogen-bond acceptors (Lipinski definition) is 2. The van der Waals surface area contributed by atoms with Crippen LogP contribution in [0.5, 0.6) is 0 Å². The van der Waals surface area contributed by atoms with Crippen LogP contribution in [0.2, 0.25) is 0 Å². The number of carbonyl (C=O) groups excluding carboxylic acids is 2. The van der Waals surface area contributed by atoms with Gasteiger partial charge in [0.1, 0.15) is 0 Å². The van der Waals surface area contributed by atoms with Gasteiger partial charge in [0.05, 0.1) is 14.1 Å². The van der Waals surface area contributed by atoms with Crippen molar-refractivity contribution >= 4 is 17.5 Å². The molecule has 0 atom stereocenters. The lowest BCUT2D eigenvalue weighted by atomic mass is 10.1.